The predicted molar refractivity (Wildman–Crippen MR) is 94.4 cm³/mol. The maximum Gasteiger partial charge on any atom is 0.573 e. The molecular weight excluding hydrogens is 361 g/mol. The van der Waals surface area contributed by atoms with Gasteiger partial charge in [0.2, 0.25) is 0 Å². The van der Waals surface area contributed by atoms with Crippen LogP contribution in [-0.4, -0.2) is 38.7 Å². The van der Waals surface area contributed by atoms with Crippen molar-refractivity contribution in [1.29, 1.82) is 0 Å². The van der Waals surface area contributed by atoms with Crippen LogP contribution in [0.5, 0.6) is 5.75 Å². The average Bonchev–Trinajstić information content (AvgIpc) is 3.01. The van der Waals surface area contributed by atoms with Gasteiger partial charge < -0.3 is 15.2 Å². The molecule has 1 atom stereocenters. The van der Waals surface area contributed by atoms with Crippen molar-refractivity contribution in [3.63, 3.8) is 0 Å². The highest BCUT2D eigenvalue weighted by Crippen LogP contribution is 2.28. The maximum absolute atomic E-state index is 12.5. The van der Waals surface area contributed by atoms with E-state index in [0.717, 1.165) is 0 Å². The zero-order chi connectivity index (χ0) is 19.6. The lowest BCUT2D eigenvalue weighted by Crippen LogP contribution is -2.30. The number of aliphatic hydroxyl groups is 1. The summed E-state index contributed by atoms with van der Waals surface area (Å²) in [6, 6.07) is 8.94. The number of nitrogens with one attached hydrogen (secondary N) is 1. The highest BCUT2D eigenvalue weighted by atomic mass is 19.4. The van der Waals surface area contributed by atoms with E-state index in [4.69, 9.17) is 0 Å². The van der Waals surface area contributed by atoms with E-state index in [9.17, 15) is 18.3 Å². The molecule has 144 valence electrons. The van der Waals surface area contributed by atoms with Gasteiger partial charge in [0.05, 0.1) is 24.5 Å². The van der Waals surface area contributed by atoms with Crippen molar-refractivity contribution < 1.29 is 23.0 Å². The van der Waals surface area contributed by atoms with Gasteiger partial charge in [0, 0.05) is 5.56 Å². The summed E-state index contributed by atoms with van der Waals surface area (Å²) in [5, 5.41) is 17.1. The summed E-state index contributed by atoms with van der Waals surface area (Å²) in [7, 11) is 0. The third kappa shape index (κ3) is 4.48. The van der Waals surface area contributed by atoms with Crippen molar-refractivity contribution in [2.45, 2.75) is 26.3 Å². The van der Waals surface area contributed by atoms with Gasteiger partial charge in [-0.15, -0.1) is 18.3 Å². The molecule has 0 saturated carbocycles. The van der Waals surface area contributed by atoms with Gasteiger partial charge in [0.1, 0.15) is 11.6 Å². The van der Waals surface area contributed by atoms with Crippen LogP contribution in [0.25, 0.3) is 16.9 Å². The lowest BCUT2D eigenvalue weighted by atomic mass is 10.1. The molecule has 0 unspecified atom stereocenters. The molecule has 0 saturated heterocycles. The first-order chi connectivity index (χ1) is 12.8. The van der Waals surface area contributed by atoms with E-state index in [0.29, 0.717) is 22.7 Å². The third-order valence-corrected chi connectivity index (χ3v) is 4.06. The highest BCUT2D eigenvalue weighted by molar-refractivity contribution is 5.65. The number of hydrogen-bond acceptors (Lipinski definition) is 5. The second-order valence-corrected chi connectivity index (χ2v) is 6.39. The Morgan fingerprint density at radius 1 is 1.22 bits per heavy atom. The first-order valence-corrected chi connectivity index (χ1v) is 8.35. The van der Waals surface area contributed by atoms with Crippen LogP contribution in [0.3, 0.4) is 0 Å². The highest BCUT2D eigenvalue weighted by Gasteiger charge is 2.31. The fourth-order valence-electron chi connectivity index (χ4n) is 2.61. The molecule has 0 fully saturated rings. The number of alkyl halides is 3. The molecule has 6 nitrogen and oxygen atoms in total. The van der Waals surface area contributed by atoms with Crippen LogP contribution in [0, 0.1) is 5.92 Å². The summed E-state index contributed by atoms with van der Waals surface area (Å²) in [5.74, 6) is 0.396. The second-order valence-electron chi connectivity index (χ2n) is 6.39. The van der Waals surface area contributed by atoms with Crippen LogP contribution >= 0.6 is 0 Å². The molecule has 0 amide bonds. The average molecular weight is 380 g/mol. The number of aromatic nitrogens is 3. The van der Waals surface area contributed by atoms with Crippen LogP contribution in [0.2, 0.25) is 0 Å². The molecule has 0 aliphatic heterocycles. The van der Waals surface area contributed by atoms with Crippen molar-refractivity contribution in [3.8, 4) is 17.0 Å². The quantitative estimate of drug-likeness (QED) is 0.682. The fraction of sp³-hybridized carbons (Fsp3) is 0.333. The number of benzene rings is 1. The summed E-state index contributed by atoms with van der Waals surface area (Å²) in [5.41, 5.74) is 1.55. The van der Waals surface area contributed by atoms with E-state index in [2.05, 4.69) is 20.1 Å². The van der Waals surface area contributed by atoms with Gasteiger partial charge in [0.15, 0.2) is 5.65 Å². The van der Waals surface area contributed by atoms with E-state index in [1.165, 1.54) is 28.9 Å². The van der Waals surface area contributed by atoms with Crippen LogP contribution in [-0.2, 0) is 0 Å². The molecule has 0 bridgehead atoms. The zero-order valence-electron chi connectivity index (χ0n) is 14.7. The number of fused-ring (bicyclic) bond motifs is 1. The first-order valence-electron chi connectivity index (χ1n) is 8.35. The molecule has 0 aliphatic carbocycles. The summed E-state index contributed by atoms with van der Waals surface area (Å²) in [6.45, 7) is 3.90. The SMILES string of the molecule is CC(C)[C@@H](CO)Nc1ccc2ncc(-c3cccc(OC(F)(F)F)c3)n2n1. The Labute approximate surface area is 153 Å². The van der Waals surface area contributed by atoms with Crippen LogP contribution in [0.15, 0.2) is 42.6 Å². The van der Waals surface area contributed by atoms with Crippen molar-refractivity contribution in [2.75, 3.05) is 11.9 Å². The minimum absolute atomic E-state index is 0.0506. The molecule has 2 heterocycles. The summed E-state index contributed by atoms with van der Waals surface area (Å²) in [6.07, 6.45) is -3.23. The number of imidazole rings is 1. The Balaban J connectivity index is 1.96. The van der Waals surface area contributed by atoms with Crippen LogP contribution in [0.1, 0.15) is 13.8 Å². The molecule has 0 aliphatic rings. The van der Waals surface area contributed by atoms with Gasteiger partial charge in [-0.3, -0.25) is 0 Å². The molecule has 3 rings (SSSR count). The van der Waals surface area contributed by atoms with Crippen molar-refractivity contribution >= 4 is 11.5 Å². The Hall–Kier alpha value is -2.81. The Bertz CT molecular complexity index is 924. The number of rotatable bonds is 6. The number of anilines is 1. The fourth-order valence-corrected chi connectivity index (χ4v) is 2.61. The number of halogens is 3. The molecular formula is C18H19F3N4O2. The zero-order valence-corrected chi connectivity index (χ0v) is 14.7. The predicted octanol–water partition coefficient (Wildman–Crippen LogP) is 3.72. The van der Waals surface area contributed by atoms with Gasteiger partial charge in [-0.1, -0.05) is 26.0 Å². The Morgan fingerprint density at radius 2 is 2.00 bits per heavy atom. The molecule has 0 spiro atoms. The largest absolute Gasteiger partial charge is 0.573 e. The molecule has 9 heteroatoms. The minimum atomic E-state index is -4.76. The van der Waals surface area contributed by atoms with Crippen LogP contribution in [0.4, 0.5) is 19.0 Å². The van der Waals surface area contributed by atoms with Gasteiger partial charge in [0.25, 0.3) is 0 Å². The summed E-state index contributed by atoms with van der Waals surface area (Å²) >= 11 is 0. The smallest absolute Gasteiger partial charge is 0.406 e. The first kappa shape index (κ1) is 19.0. The number of ether oxygens (including phenoxy) is 1. The monoisotopic (exact) mass is 380 g/mol. The molecule has 3 aromatic rings. The molecule has 27 heavy (non-hydrogen) atoms. The van der Waals surface area contributed by atoms with E-state index < -0.39 is 6.36 Å². The maximum atomic E-state index is 12.5. The van der Waals surface area contributed by atoms with Crippen molar-refractivity contribution in [1.82, 2.24) is 14.6 Å². The van der Waals surface area contributed by atoms with Gasteiger partial charge in [-0.25, -0.2) is 9.50 Å². The summed E-state index contributed by atoms with van der Waals surface area (Å²) < 4.78 is 42.9. The van der Waals surface area contributed by atoms with E-state index >= 15 is 0 Å². The van der Waals surface area contributed by atoms with Gasteiger partial charge in [-0.05, 0) is 30.2 Å². The van der Waals surface area contributed by atoms with Gasteiger partial charge in [-0.2, -0.15) is 0 Å². The molecule has 2 aromatic heterocycles. The number of hydrogen-bond donors (Lipinski definition) is 2. The lowest BCUT2D eigenvalue weighted by Gasteiger charge is -2.20. The minimum Gasteiger partial charge on any atom is -0.406 e. The topological polar surface area (TPSA) is 71.7 Å². The van der Waals surface area contributed by atoms with Gasteiger partial charge >= 0.3 is 6.36 Å². The van der Waals surface area contributed by atoms with Crippen molar-refractivity contribution in [2.24, 2.45) is 5.92 Å². The summed E-state index contributed by atoms with van der Waals surface area (Å²) in [4.78, 5) is 4.24. The number of aliphatic hydroxyl groups excluding tert-OH is 1. The molecule has 1 aromatic carbocycles. The van der Waals surface area contributed by atoms with E-state index in [1.54, 1.807) is 18.2 Å². The lowest BCUT2D eigenvalue weighted by molar-refractivity contribution is -0.274. The van der Waals surface area contributed by atoms with Crippen molar-refractivity contribution in [3.05, 3.63) is 42.6 Å². The molecule has 2 N–H and O–H groups in total. The van der Waals surface area contributed by atoms with E-state index in [-0.39, 0.29) is 24.3 Å². The third-order valence-electron chi connectivity index (χ3n) is 4.06. The Kier molecular flexibility index (Phi) is 5.22. The second kappa shape index (κ2) is 7.43. The van der Waals surface area contributed by atoms with E-state index in [1.807, 2.05) is 13.8 Å². The Morgan fingerprint density at radius 3 is 2.67 bits per heavy atom. The molecule has 0 radical (unpaired) electrons. The standard InChI is InChI=1S/C18H19F3N4O2/c1-11(2)14(10-26)23-16-6-7-17-22-9-15(25(17)24-16)12-4-3-5-13(8-12)27-18(19,20)21/h3-9,11,14,26H,10H2,1-2H3,(H,23,24)/t14-/m1/s1. The van der Waals surface area contributed by atoms with Crippen LogP contribution < -0.4 is 10.1 Å². The number of nitrogens with zero attached hydrogens (tertiary/aromatic N) is 3. The normalized spacial score (nSPS) is 13.1.